The standard InChI is InChI=1S/C21H33N5O2.ClH/c27-19(16-17-4-1-2-5-17)24-18-6-14-25(15-7-18)20(28)21(8-11-22-12-9-21)26-13-3-10-23-26;/h3,10,13,17-18,22H,1-2,4-9,11-12,14-16H2,(H,24,27);1H. The summed E-state index contributed by atoms with van der Waals surface area (Å²) in [4.78, 5) is 27.8. The Hall–Kier alpha value is -1.60. The molecule has 1 saturated carbocycles. The molecule has 2 amide bonds. The van der Waals surface area contributed by atoms with Crippen molar-refractivity contribution >= 4 is 24.2 Å². The molecule has 3 heterocycles. The number of piperidine rings is 2. The zero-order valence-corrected chi connectivity index (χ0v) is 18.0. The maximum Gasteiger partial charge on any atom is 0.250 e. The Morgan fingerprint density at radius 2 is 1.79 bits per heavy atom. The Labute approximate surface area is 179 Å². The number of hydrogen-bond acceptors (Lipinski definition) is 4. The third-order valence-corrected chi connectivity index (χ3v) is 6.87. The molecule has 0 spiro atoms. The predicted octanol–water partition coefficient (Wildman–Crippen LogP) is 2.07. The number of aromatic nitrogens is 2. The molecule has 0 bridgehead atoms. The number of carbonyl (C=O) groups excluding carboxylic acids is 2. The minimum atomic E-state index is -0.562. The van der Waals surface area contributed by atoms with Crippen LogP contribution in [0.5, 0.6) is 0 Å². The van der Waals surface area contributed by atoms with Gasteiger partial charge in [0.05, 0.1) is 0 Å². The molecule has 4 rings (SSSR count). The summed E-state index contributed by atoms with van der Waals surface area (Å²) < 4.78 is 1.87. The van der Waals surface area contributed by atoms with Crippen molar-refractivity contribution in [3.63, 3.8) is 0 Å². The number of hydrogen-bond donors (Lipinski definition) is 2. The van der Waals surface area contributed by atoms with Gasteiger partial charge in [-0.05, 0) is 63.6 Å². The molecule has 8 heteroatoms. The second-order valence-corrected chi connectivity index (χ2v) is 8.72. The van der Waals surface area contributed by atoms with E-state index in [0.717, 1.165) is 38.8 Å². The fourth-order valence-electron chi connectivity index (χ4n) is 5.19. The van der Waals surface area contributed by atoms with Crippen LogP contribution in [0.2, 0.25) is 0 Å². The minimum Gasteiger partial charge on any atom is -0.353 e. The maximum absolute atomic E-state index is 13.5. The highest BCUT2D eigenvalue weighted by Gasteiger charge is 2.45. The van der Waals surface area contributed by atoms with Gasteiger partial charge < -0.3 is 15.5 Å². The summed E-state index contributed by atoms with van der Waals surface area (Å²) in [6.07, 6.45) is 12.5. The number of carbonyl (C=O) groups is 2. The van der Waals surface area contributed by atoms with E-state index in [2.05, 4.69) is 15.7 Å². The van der Waals surface area contributed by atoms with E-state index >= 15 is 0 Å². The van der Waals surface area contributed by atoms with Gasteiger partial charge in [0.2, 0.25) is 5.91 Å². The van der Waals surface area contributed by atoms with E-state index in [0.29, 0.717) is 25.4 Å². The first kappa shape index (κ1) is 22.1. The van der Waals surface area contributed by atoms with Crippen molar-refractivity contribution in [2.75, 3.05) is 26.2 Å². The van der Waals surface area contributed by atoms with Crippen LogP contribution in [0.3, 0.4) is 0 Å². The lowest BCUT2D eigenvalue weighted by molar-refractivity contribution is -0.144. The SMILES string of the molecule is Cl.O=C(CC1CCCC1)NC1CCN(C(=O)C2(n3cccn3)CCNCC2)CC1. The van der Waals surface area contributed by atoms with Gasteiger partial charge in [-0.2, -0.15) is 5.10 Å². The Kier molecular flexibility index (Phi) is 7.57. The fourth-order valence-corrected chi connectivity index (χ4v) is 5.19. The molecule has 1 aliphatic carbocycles. The predicted molar refractivity (Wildman–Crippen MR) is 114 cm³/mol. The third kappa shape index (κ3) is 4.94. The van der Waals surface area contributed by atoms with Gasteiger partial charge in [0.25, 0.3) is 5.91 Å². The summed E-state index contributed by atoms with van der Waals surface area (Å²) in [5.41, 5.74) is -0.562. The number of amides is 2. The average Bonchev–Trinajstić information content (AvgIpc) is 3.43. The Bertz CT molecular complexity index is 661. The van der Waals surface area contributed by atoms with Crippen molar-refractivity contribution in [2.24, 2.45) is 5.92 Å². The highest BCUT2D eigenvalue weighted by atomic mass is 35.5. The van der Waals surface area contributed by atoms with Gasteiger partial charge in [-0.25, -0.2) is 0 Å². The molecule has 3 aliphatic rings. The van der Waals surface area contributed by atoms with Crippen LogP contribution in [0.25, 0.3) is 0 Å². The highest BCUT2D eigenvalue weighted by molar-refractivity contribution is 5.85. The smallest absolute Gasteiger partial charge is 0.250 e. The van der Waals surface area contributed by atoms with E-state index in [-0.39, 0.29) is 30.3 Å². The molecule has 0 aromatic carbocycles. The van der Waals surface area contributed by atoms with E-state index in [1.54, 1.807) is 6.20 Å². The lowest BCUT2D eigenvalue weighted by Gasteiger charge is -2.42. The van der Waals surface area contributed by atoms with Crippen LogP contribution >= 0.6 is 12.4 Å². The molecule has 29 heavy (non-hydrogen) atoms. The number of rotatable bonds is 5. The molecule has 0 radical (unpaired) electrons. The van der Waals surface area contributed by atoms with Crippen LogP contribution in [0.15, 0.2) is 18.5 Å². The van der Waals surface area contributed by atoms with Crippen molar-refractivity contribution in [2.45, 2.75) is 69.4 Å². The highest BCUT2D eigenvalue weighted by Crippen LogP contribution is 2.31. The first-order valence-electron chi connectivity index (χ1n) is 11.0. The van der Waals surface area contributed by atoms with E-state index in [1.165, 1.54) is 25.7 Å². The van der Waals surface area contributed by atoms with Crippen LogP contribution in [0.1, 0.15) is 57.8 Å². The van der Waals surface area contributed by atoms with Gasteiger partial charge in [0.15, 0.2) is 0 Å². The molecular weight excluding hydrogens is 390 g/mol. The van der Waals surface area contributed by atoms with E-state index < -0.39 is 5.54 Å². The summed E-state index contributed by atoms with van der Waals surface area (Å²) in [5, 5.41) is 11.0. The Morgan fingerprint density at radius 1 is 1.10 bits per heavy atom. The minimum absolute atomic E-state index is 0. The number of likely N-dealkylation sites (tertiary alicyclic amines) is 1. The van der Waals surface area contributed by atoms with Crippen molar-refractivity contribution in [3.05, 3.63) is 18.5 Å². The van der Waals surface area contributed by atoms with Gasteiger partial charge in [-0.1, -0.05) is 12.8 Å². The summed E-state index contributed by atoms with van der Waals surface area (Å²) in [5.74, 6) is 0.965. The topological polar surface area (TPSA) is 79.3 Å². The van der Waals surface area contributed by atoms with Gasteiger partial charge >= 0.3 is 0 Å². The first-order chi connectivity index (χ1) is 13.7. The second kappa shape index (κ2) is 9.94. The molecule has 2 N–H and O–H groups in total. The molecular formula is C21H34ClN5O2. The van der Waals surface area contributed by atoms with Crippen LogP contribution < -0.4 is 10.6 Å². The van der Waals surface area contributed by atoms with Crippen molar-refractivity contribution in [1.29, 1.82) is 0 Å². The van der Waals surface area contributed by atoms with Gasteiger partial charge in [0.1, 0.15) is 5.54 Å². The van der Waals surface area contributed by atoms with E-state index in [9.17, 15) is 9.59 Å². The molecule has 1 aromatic rings. The zero-order chi connectivity index (χ0) is 19.4. The molecule has 7 nitrogen and oxygen atoms in total. The molecule has 2 saturated heterocycles. The summed E-state index contributed by atoms with van der Waals surface area (Å²) in [6.45, 7) is 3.09. The van der Waals surface area contributed by atoms with E-state index in [4.69, 9.17) is 0 Å². The third-order valence-electron chi connectivity index (χ3n) is 6.87. The lowest BCUT2D eigenvalue weighted by Crippen LogP contribution is -2.58. The molecule has 3 fully saturated rings. The Morgan fingerprint density at radius 3 is 2.41 bits per heavy atom. The molecule has 1 aromatic heterocycles. The van der Waals surface area contributed by atoms with Crippen molar-refractivity contribution in [1.82, 2.24) is 25.3 Å². The average molecular weight is 424 g/mol. The second-order valence-electron chi connectivity index (χ2n) is 8.72. The van der Waals surface area contributed by atoms with Crippen LogP contribution in [0, 0.1) is 5.92 Å². The summed E-state index contributed by atoms with van der Waals surface area (Å²) >= 11 is 0. The van der Waals surface area contributed by atoms with Crippen LogP contribution in [-0.4, -0.2) is 58.7 Å². The fraction of sp³-hybridized carbons (Fsp3) is 0.762. The largest absolute Gasteiger partial charge is 0.353 e. The molecule has 0 unspecified atom stereocenters. The summed E-state index contributed by atoms with van der Waals surface area (Å²) in [7, 11) is 0. The number of nitrogens with zero attached hydrogens (tertiary/aromatic N) is 3. The van der Waals surface area contributed by atoms with Gasteiger partial charge in [-0.15, -0.1) is 12.4 Å². The van der Waals surface area contributed by atoms with Gasteiger partial charge in [-0.3, -0.25) is 14.3 Å². The lowest BCUT2D eigenvalue weighted by atomic mass is 9.86. The van der Waals surface area contributed by atoms with Crippen molar-refractivity contribution < 1.29 is 9.59 Å². The molecule has 162 valence electrons. The Balaban J connectivity index is 0.00000240. The van der Waals surface area contributed by atoms with E-state index in [1.807, 2.05) is 21.8 Å². The number of halogens is 1. The zero-order valence-electron chi connectivity index (χ0n) is 17.1. The van der Waals surface area contributed by atoms with Gasteiger partial charge in [0, 0.05) is 37.9 Å². The number of nitrogens with one attached hydrogen (secondary N) is 2. The van der Waals surface area contributed by atoms with Crippen molar-refractivity contribution in [3.8, 4) is 0 Å². The normalized spacial score (nSPS) is 22.8. The quantitative estimate of drug-likeness (QED) is 0.759. The molecule has 2 aliphatic heterocycles. The maximum atomic E-state index is 13.5. The first-order valence-corrected chi connectivity index (χ1v) is 11.0. The monoisotopic (exact) mass is 423 g/mol. The summed E-state index contributed by atoms with van der Waals surface area (Å²) in [6, 6.07) is 2.09. The van der Waals surface area contributed by atoms with Crippen LogP contribution in [-0.2, 0) is 15.1 Å². The van der Waals surface area contributed by atoms with Crippen LogP contribution in [0.4, 0.5) is 0 Å². The molecule has 0 atom stereocenters.